The van der Waals surface area contributed by atoms with Crippen LogP contribution in [0, 0.1) is 12.7 Å². The second kappa shape index (κ2) is 9.49. The van der Waals surface area contributed by atoms with E-state index < -0.39 is 0 Å². The monoisotopic (exact) mass is 456 g/mol. The zero-order chi connectivity index (χ0) is 21.8. The van der Waals surface area contributed by atoms with Crippen molar-refractivity contribution >= 4 is 45.0 Å². The van der Waals surface area contributed by atoms with E-state index in [1.54, 1.807) is 35.7 Å². The number of amides is 1. The predicted molar refractivity (Wildman–Crippen MR) is 123 cm³/mol. The molecule has 31 heavy (non-hydrogen) atoms. The Morgan fingerprint density at radius 1 is 1.23 bits per heavy atom. The Balaban J connectivity index is 1.39. The standard InChI is InChI=1S/C22H21FN4O2S2/c1-14-12-20(25-21(28)4-3-11-30-17-8-5-15(23)6-9-17)27(26-14)22-24-18-10-7-16(29-2)13-19(18)31-22/h5-10,12-13H,3-4,11H2,1-2H3,(H,25,28). The Morgan fingerprint density at radius 3 is 2.81 bits per heavy atom. The first kappa shape index (κ1) is 21.3. The number of methoxy groups -OCH3 is 1. The number of thiazole rings is 1. The van der Waals surface area contributed by atoms with Gasteiger partial charge in [0.25, 0.3) is 0 Å². The van der Waals surface area contributed by atoms with Gasteiger partial charge < -0.3 is 10.1 Å². The fourth-order valence-corrected chi connectivity index (χ4v) is 4.82. The quantitative estimate of drug-likeness (QED) is 0.282. The molecule has 1 amide bonds. The first-order valence-electron chi connectivity index (χ1n) is 9.71. The van der Waals surface area contributed by atoms with Crippen molar-refractivity contribution in [2.45, 2.75) is 24.7 Å². The van der Waals surface area contributed by atoms with Crippen molar-refractivity contribution in [2.75, 3.05) is 18.2 Å². The molecular formula is C22H21FN4O2S2. The number of anilines is 1. The van der Waals surface area contributed by atoms with Crippen LogP contribution in [0.25, 0.3) is 15.3 Å². The molecule has 4 aromatic rings. The third-order valence-corrected chi connectivity index (χ3v) is 6.59. The first-order valence-corrected chi connectivity index (χ1v) is 11.5. The summed E-state index contributed by atoms with van der Waals surface area (Å²) >= 11 is 3.09. The number of hydrogen-bond acceptors (Lipinski definition) is 6. The summed E-state index contributed by atoms with van der Waals surface area (Å²) in [5.74, 6) is 1.81. The molecule has 0 saturated heterocycles. The molecule has 0 radical (unpaired) electrons. The number of benzene rings is 2. The summed E-state index contributed by atoms with van der Waals surface area (Å²) < 4.78 is 20.9. The fourth-order valence-electron chi connectivity index (χ4n) is 3.00. The molecule has 160 valence electrons. The Bertz CT molecular complexity index is 1200. The lowest BCUT2D eigenvalue weighted by Crippen LogP contribution is -2.14. The van der Waals surface area contributed by atoms with E-state index in [2.05, 4.69) is 15.4 Å². The average molecular weight is 457 g/mol. The molecule has 0 aliphatic rings. The number of halogens is 1. The SMILES string of the molecule is COc1ccc2nc(-n3nc(C)cc3NC(=O)CCCSc3ccc(F)cc3)sc2c1. The molecule has 1 N–H and O–H groups in total. The highest BCUT2D eigenvalue weighted by Gasteiger charge is 2.15. The number of aromatic nitrogens is 3. The molecule has 0 bridgehead atoms. The van der Waals surface area contributed by atoms with E-state index in [9.17, 15) is 9.18 Å². The van der Waals surface area contributed by atoms with Crippen molar-refractivity contribution in [2.24, 2.45) is 0 Å². The van der Waals surface area contributed by atoms with E-state index in [0.29, 0.717) is 23.8 Å². The van der Waals surface area contributed by atoms with Gasteiger partial charge in [-0.2, -0.15) is 9.78 Å². The summed E-state index contributed by atoms with van der Waals surface area (Å²) in [4.78, 5) is 18.1. The molecular weight excluding hydrogens is 435 g/mol. The molecule has 9 heteroatoms. The van der Waals surface area contributed by atoms with Gasteiger partial charge in [-0.3, -0.25) is 4.79 Å². The molecule has 0 aliphatic carbocycles. The molecule has 0 atom stereocenters. The van der Waals surface area contributed by atoms with Gasteiger partial charge >= 0.3 is 0 Å². The first-order chi connectivity index (χ1) is 15.0. The minimum absolute atomic E-state index is 0.0800. The van der Waals surface area contributed by atoms with E-state index >= 15 is 0 Å². The summed E-state index contributed by atoms with van der Waals surface area (Å²) in [6.07, 6.45) is 1.09. The van der Waals surface area contributed by atoms with Crippen LogP contribution in [0.3, 0.4) is 0 Å². The van der Waals surface area contributed by atoms with Gasteiger partial charge in [-0.05, 0) is 61.6 Å². The van der Waals surface area contributed by atoms with Crippen molar-refractivity contribution in [1.82, 2.24) is 14.8 Å². The zero-order valence-electron chi connectivity index (χ0n) is 17.1. The zero-order valence-corrected chi connectivity index (χ0v) is 18.7. The maximum absolute atomic E-state index is 13.0. The van der Waals surface area contributed by atoms with Crippen LogP contribution < -0.4 is 10.1 Å². The molecule has 4 rings (SSSR count). The van der Waals surface area contributed by atoms with Gasteiger partial charge in [-0.25, -0.2) is 9.37 Å². The van der Waals surface area contributed by atoms with Gasteiger partial charge in [0.05, 0.1) is 23.0 Å². The third-order valence-electron chi connectivity index (χ3n) is 4.50. The van der Waals surface area contributed by atoms with E-state index in [1.165, 1.54) is 23.5 Å². The Labute approximate surface area is 187 Å². The van der Waals surface area contributed by atoms with Gasteiger partial charge in [0, 0.05) is 17.4 Å². The number of nitrogens with one attached hydrogen (secondary N) is 1. The topological polar surface area (TPSA) is 69.0 Å². The number of thioether (sulfide) groups is 1. The van der Waals surface area contributed by atoms with Gasteiger partial charge in [0.1, 0.15) is 17.4 Å². The van der Waals surface area contributed by atoms with Gasteiger partial charge in [0.15, 0.2) is 0 Å². The van der Waals surface area contributed by atoms with Crippen LogP contribution in [0.15, 0.2) is 53.4 Å². The van der Waals surface area contributed by atoms with E-state index in [-0.39, 0.29) is 11.7 Å². The predicted octanol–water partition coefficient (Wildman–Crippen LogP) is 5.45. The number of aryl methyl sites for hydroxylation is 1. The largest absolute Gasteiger partial charge is 0.497 e. The van der Waals surface area contributed by atoms with Crippen LogP contribution in [0.5, 0.6) is 5.75 Å². The average Bonchev–Trinajstić information content (AvgIpc) is 3.34. The van der Waals surface area contributed by atoms with Crippen molar-refractivity contribution in [3.8, 4) is 10.9 Å². The van der Waals surface area contributed by atoms with Crippen LogP contribution in [-0.4, -0.2) is 33.5 Å². The van der Waals surface area contributed by atoms with Gasteiger partial charge in [0.2, 0.25) is 11.0 Å². The van der Waals surface area contributed by atoms with Gasteiger partial charge in [-0.15, -0.1) is 11.8 Å². The van der Waals surface area contributed by atoms with E-state index in [0.717, 1.165) is 32.3 Å². The molecule has 6 nitrogen and oxygen atoms in total. The molecule has 0 fully saturated rings. The molecule has 2 heterocycles. The minimum atomic E-state index is -0.247. The van der Waals surface area contributed by atoms with Crippen molar-refractivity contribution in [3.05, 3.63) is 60.0 Å². The highest BCUT2D eigenvalue weighted by atomic mass is 32.2. The normalized spacial score (nSPS) is 11.1. The van der Waals surface area contributed by atoms with Crippen molar-refractivity contribution in [1.29, 1.82) is 0 Å². The molecule has 0 spiro atoms. The van der Waals surface area contributed by atoms with Crippen molar-refractivity contribution in [3.63, 3.8) is 0 Å². The number of carbonyl (C=O) groups is 1. The Kier molecular flexibility index (Phi) is 6.53. The summed E-state index contributed by atoms with van der Waals surface area (Å²) in [6, 6.07) is 13.9. The Morgan fingerprint density at radius 2 is 2.03 bits per heavy atom. The number of hydrogen-bond donors (Lipinski definition) is 1. The number of carbonyl (C=O) groups excluding carboxylic acids is 1. The molecule has 0 unspecified atom stereocenters. The number of fused-ring (bicyclic) bond motifs is 1. The summed E-state index contributed by atoms with van der Waals surface area (Å²) in [7, 11) is 1.63. The Hall–Kier alpha value is -2.91. The minimum Gasteiger partial charge on any atom is -0.497 e. The van der Waals surface area contributed by atoms with Crippen LogP contribution in [-0.2, 0) is 4.79 Å². The maximum Gasteiger partial charge on any atom is 0.225 e. The number of rotatable bonds is 8. The smallest absolute Gasteiger partial charge is 0.225 e. The molecule has 2 aromatic carbocycles. The maximum atomic E-state index is 13.0. The molecule has 0 saturated carbocycles. The highest BCUT2D eigenvalue weighted by molar-refractivity contribution is 7.99. The van der Waals surface area contributed by atoms with Crippen LogP contribution >= 0.6 is 23.1 Å². The second-order valence-corrected chi connectivity index (χ2v) is 9.04. The van der Waals surface area contributed by atoms with Crippen molar-refractivity contribution < 1.29 is 13.9 Å². The van der Waals surface area contributed by atoms with E-state index in [4.69, 9.17) is 4.74 Å². The highest BCUT2D eigenvalue weighted by Crippen LogP contribution is 2.30. The summed E-state index contributed by atoms with van der Waals surface area (Å²) in [5.41, 5.74) is 1.64. The summed E-state index contributed by atoms with van der Waals surface area (Å²) in [6.45, 7) is 1.88. The van der Waals surface area contributed by atoms with Gasteiger partial charge in [-0.1, -0.05) is 11.3 Å². The van der Waals surface area contributed by atoms with Crippen LogP contribution in [0.1, 0.15) is 18.5 Å². The van der Waals surface area contributed by atoms with E-state index in [1.807, 2.05) is 31.2 Å². The van der Waals surface area contributed by atoms with Crippen LogP contribution in [0.4, 0.5) is 10.2 Å². The lowest BCUT2D eigenvalue weighted by molar-refractivity contribution is -0.116. The lowest BCUT2D eigenvalue weighted by atomic mass is 10.3. The van der Waals surface area contributed by atoms with Crippen LogP contribution in [0.2, 0.25) is 0 Å². The number of ether oxygens (including phenoxy) is 1. The number of nitrogens with zero attached hydrogens (tertiary/aromatic N) is 3. The lowest BCUT2D eigenvalue weighted by Gasteiger charge is -2.06. The summed E-state index contributed by atoms with van der Waals surface area (Å²) in [5, 5.41) is 8.13. The second-order valence-electron chi connectivity index (χ2n) is 6.87. The fraction of sp³-hybridized carbons (Fsp3) is 0.227. The molecule has 0 aliphatic heterocycles. The molecule has 2 aromatic heterocycles. The third kappa shape index (κ3) is 5.23.